The number of aryl methyl sites for hydroxylation is 2. The Kier molecular flexibility index (Phi) is 12.5. The lowest BCUT2D eigenvalue weighted by Crippen LogP contribution is -2.53. The number of alkyl carbamates (subject to hydrolysis) is 1. The van der Waals surface area contributed by atoms with Crippen molar-refractivity contribution in [3.8, 4) is 0 Å². The lowest BCUT2D eigenvalue weighted by molar-refractivity contribution is -0.144. The van der Waals surface area contributed by atoms with Crippen LogP contribution in [0.1, 0.15) is 49.9 Å². The van der Waals surface area contributed by atoms with Gasteiger partial charge in [-0.15, -0.1) is 6.58 Å². The van der Waals surface area contributed by atoms with Crippen molar-refractivity contribution in [3.63, 3.8) is 0 Å². The van der Waals surface area contributed by atoms with Crippen molar-refractivity contribution in [1.29, 1.82) is 0 Å². The van der Waals surface area contributed by atoms with Gasteiger partial charge in [-0.1, -0.05) is 24.3 Å². The first-order valence-electron chi connectivity index (χ1n) is 11.7. The minimum Gasteiger partial charge on any atom is -0.468 e. The van der Waals surface area contributed by atoms with Gasteiger partial charge in [0.1, 0.15) is 24.2 Å². The van der Waals surface area contributed by atoms with Gasteiger partial charge in [-0.3, -0.25) is 14.4 Å². The van der Waals surface area contributed by atoms with Crippen LogP contribution in [-0.2, 0) is 23.9 Å². The van der Waals surface area contributed by atoms with Gasteiger partial charge in [0.05, 0.1) is 7.11 Å². The molecule has 0 fully saturated rings. The van der Waals surface area contributed by atoms with Gasteiger partial charge >= 0.3 is 12.1 Å². The zero-order chi connectivity index (χ0) is 27.5. The standard InChI is InChI=1S/C26H39N3O6S/c1-9-13-29(24(32)20(12-14-36-8)28-25(33)35-26(4,5)6)22(23(31)27-16-21(30)34-7)19-11-10-17(2)18(3)15-19/h9-11,15,20,22H,1,12-14,16H2,2-8H3,(H,27,31)(H,28,33). The first kappa shape index (κ1) is 31.0. The van der Waals surface area contributed by atoms with Gasteiger partial charge in [0, 0.05) is 6.54 Å². The summed E-state index contributed by atoms with van der Waals surface area (Å²) in [7, 11) is 1.22. The lowest BCUT2D eigenvalue weighted by atomic mass is 9.98. The fraction of sp³-hybridized carbons (Fsp3) is 0.538. The molecule has 0 bridgehead atoms. The van der Waals surface area contributed by atoms with Crippen LogP contribution in [0.25, 0.3) is 0 Å². The minimum atomic E-state index is -1.07. The maximum absolute atomic E-state index is 13.8. The number of ether oxygens (including phenoxy) is 2. The van der Waals surface area contributed by atoms with E-state index in [2.05, 4.69) is 21.9 Å². The number of amides is 3. The Morgan fingerprint density at radius 3 is 2.36 bits per heavy atom. The van der Waals surface area contributed by atoms with Crippen LogP contribution in [0.15, 0.2) is 30.9 Å². The highest BCUT2D eigenvalue weighted by Crippen LogP contribution is 2.25. The second kappa shape index (κ2) is 14.5. The van der Waals surface area contributed by atoms with Crippen molar-refractivity contribution < 1.29 is 28.7 Å². The quantitative estimate of drug-likeness (QED) is 0.320. The molecule has 0 aliphatic carbocycles. The van der Waals surface area contributed by atoms with Crippen molar-refractivity contribution in [1.82, 2.24) is 15.5 Å². The van der Waals surface area contributed by atoms with Crippen LogP contribution >= 0.6 is 11.8 Å². The first-order valence-corrected chi connectivity index (χ1v) is 13.1. The summed E-state index contributed by atoms with van der Waals surface area (Å²) >= 11 is 1.53. The van der Waals surface area contributed by atoms with E-state index in [0.29, 0.717) is 17.7 Å². The summed E-state index contributed by atoms with van der Waals surface area (Å²) in [6, 6.07) is 3.46. The molecule has 0 saturated carbocycles. The minimum absolute atomic E-state index is 0.0356. The van der Waals surface area contributed by atoms with Crippen molar-refractivity contribution in [3.05, 3.63) is 47.5 Å². The fourth-order valence-corrected chi connectivity index (χ4v) is 3.81. The van der Waals surface area contributed by atoms with E-state index in [4.69, 9.17) is 4.74 Å². The number of thioether (sulfide) groups is 1. The zero-order valence-electron chi connectivity index (χ0n) is 22.3. The average molecular weight is 522 g/mol. The number of rotatable bonds is 12. The van der Waals surface area contributed by atoms with Crippen molar-refractivity contribution >= 4 is 35.6 Å². The van der Waals surface area contributed by atoms with Crippen LogP contribution in [-0.4, -0.2) is 72.6 Å². The molecular formula is C26H39N3O6S. The number of nitrogens with one attached hydrogen (secondary N) is 2. The molecule has 3 amide bonds. The van der Waals surface area contributed by atoms with E-state index in [9.17, 15) is 19.2 Å². The number of methoxy groups -OCH3 is 1. The second-order valence-electron chi connectivity index (χ2n) is 9.30. The smallest absolute Gasteiger partial charge is 0.408 e. The number of benzene rings is 1. The highest BCUT2D eigenvalue weighted by molar-refractivity contribution is 7.98. The highest BCUT2D eigenvalue weighted by atomic mass is 32.2. The monoisotopic (exact) mass is 521 g/mol. The molecule has 1 aromatic rings. The Bertz CT molecular complexity index is 944. The summed E-state index contributed by atoms with van der Waals surface area (Å²) in [4.78, 5) is 52.7. The van der Waals surface area contributed by atoms with Crippen LogP contribution in [0.2, 0.25) is 0 Å². The van der Waals surface area contributed by atoms with Crippen molar-refractivity contribution in [2.45, 2.75) is 58.7 Å². The average Bonchev–Trinajstić information content (AvgIpc) is 2.80. The summed E-state index contributed by atoms with van der Waals surface area (Å²) in [6.07, 6.45) is 3.02. The number of carbonyl (C=O) groups excluding carboxylic acids is 4. The van der Waals surface area contributed by atoms with Crippen molar-refractivity contribution in [2.75, 3.05) is 32.2 Å². The Balaban J connectivity index is 3.44. The topological polar surface area (TPSA) is 114 Å². The molecule has 9 nitrogen and oxygen atoms in total. The van der Waals surface area contributed by atoms with Gasteiger partial charge < -0.3 is 25.0 Å². The number of hydrogen-bond donors (Lipinski definition) is 2. The van der Waals surface area contributed by atoms with Crippen LogP contribution in [0.3, 0.4) is 0 Å². The molecule has 0 spiro atoms. The van der Waals surface area contributed by atoms with Gasteiger partial charge in [-0.05, 0) is 69.7 Å². The number of hydrogen-bond acceptors (Lipinski definition) is 7. The van der Waals surface area contributed by atoms with Crippen LogP contribution in [0.4, 0.5) is 4.79 Å². The van der Waals surface area contributed by atoms with Crippen molar-refractivity contribution in [2.24, 2.45) is 0 Å². The summed E-state index contributed by atoms with van der Waals surface area (Å²) < 4.78 is 9.99. The first-order chi connectivity index (χ1) is 16.8. The molecule has 0 saturated heterocycles. The molecule has 1 aromatic carbocycles. The third kappa shape index (κ3) is 9.93. The SMILES string of the molecule is C=CCN(C(=O)C(CCSC)NC(=O)OC(C)(C)C)C(C(=O)NCC(=O)OC)c1ccc(C)c(C)c1. The lowest BCUT2D eigenvalue weighted by Gasteiger charge is -2.34. The molecule has 0 aliphatic rings. The molecule has 200 valence electrons. The predicted molar refractivity (Wildman–Crippen MR) is 142 cm³/mol. The Hall–Kier alpha value is -3.01. The van der Waals surface area contributed by atoms with Gasteiger partial charge in [-0.25, -0.2) is 4.79 Å². The second-order valence-corrected chi connectivity index (χ2v) is 10.3. The Morgan fingerprint density at radius 1 is 1.17 bits per heavy atom. The molecule has 0 radical (unpaired) electrons. The van der Waals surface area contributed by atoms with E-state index in [1.165, 1.54) is 29.8 Å². The summed E-state index contributed by atoms with van der Waals surface area (Å²) in [5.74, 6) is -1.05. The molecule has 0 heterocycles. The molecular weight excluding hydrogens is 482 g/mol. The number of carbonyl (C=O) groups is 4. The van der Waals surface area contributed by atoms with E-state index in [0.717, 1.165) is 11.1 Å². The van der Waals surface area contributed by atoms with Crippen LogP contribution in [0, 0.1) is 13.8 Å². The van der Waals surface area contributed by atoms with Gasteiger partial charge in [-0.2, -0.15) is 11.8 Å². The Labute approximate surface area is 218 Å². The predicted octanol–water partition coefficient (Wildman–Crippen LogP) is 3.29. The molecule has 2 atom stereocenters. The summed E-state index contributed by atoms with van der Waals surface area (Å²) in [6.45, 7) is 12.5. The molecule has 2 N–H and O–H groups in total. The molecule has 0 aliphatic heterocycles. The van der Waals surface area contributed by atoms with Gasteiger partial charge in [0.15, 0.2) is 0 Å². The third-order valence-corrected chi connectivity index (χ3v) is 5.89. The highest BCUT2D eigenvalue weighted by Gasteiger charge is 2.36. The summed E-state index contributed by atoms with van der Waals surface area (Å²) in [5, 5.41) is 5.22. The zero-order valence-corrected chi connectivity index (χ0v) is 23.1. The van der Waals surface area contributed by atoms with E-state index in [1.807, 2.05) is 32.2 Å². The molecule has 10 heteroatoms. The maximum atomic E-state index is 13.8. The largest absolute Gasteiger partial charge is 0.468 e. The van der Waals surface area contributed by atoms with E-state index < -0.39 is 41.6 Å². The van der Waals surface area contributed by atoms with Gasteiger partial charge in [0.2, 0.25) is 11.8 Å². The number of esters is 1. The van der Waals surface area contributed by atoms with Gasteiger partial charge in [0.25, 0.3) is 0 Å². The van der Waals surface area contributed by atoms with Crippen LogP contribution < -0.4 is 10.6 Å². The molecule has 0 aromatic heterocycles. The maximum Gasteiger partial charge on any atom is 0.408 e. The molecule has 36 heavy (non-hydrogen) atoms. The molecule has 2 unspecified atom stereocenters. The summed E-state index contributed by atoms with van der Waals surface area (Å²) in [5.41, 5.74) is 1.79. The van der Waals surface area contributed by atoms with E-state index in [1.54, 1.807) is 26.8 Å². The third-order valence-electron chi connectivity index (χ3n) is 5.25. The fourth-order valence-electron chi connectivity index (χ4n) is 3.34. The van der Waals surface area contributed by atoms with E-state index in [-0.39, 0.29) is 13.1 Å². The normalized spacial score (nSPS) is 12.6. The van der Waals surface area contributed by atoms with E-state index >= 15 is 0 Å². The van der Waals surface area contributed by atoms with Crippen LogP contribution in [0.5, 0.6) is 0 Å². The number of nitrogens with zero attached hydrogens (tertiary/aromatic N) is 1. The Morgan fingerprint density at radius 2 is 1.83 bits per heavy atom. The molecule has 1 rings (SSSR count).